The first kappa shape index (κ1) is 15.0. The molecule has 2 aromatic rings. The number of rotatable bonds is 6. The first-order valence-corrected chi connectivity index (χ1v) is 7.64. The number of carboxylic acids is 1. The lowest BCUT2D eigenvalue weighted by molar-refractivity contribution is -0.143. The van der Waals surface area contributed by atoms with Crippen LogP contribution in [0.15, 0.2) is 18.2 Å². The molecule has 1 fully saturated rings. The van der Waals surface area contributed by atoms with Crippen molar-refractivity contribution in [2.45, 2.75) is 51.9 Å². The van der Waals surface area contributed by atoms with Gasteiger partial charge in [0.2, 0.25) is 0 Å². The standard InChI is InChI=1S/C16H20FN3O2/c1-3-19-14-7-4-11(17)8-13(14)18-15(19)9-20(12-5-6-12)10(2)16(21)22/h4,7-8,10,12H,3,5-6,9H2,1-2H3,(H,21,22)/t10-/m1/s1. The number of hydrogen-bond acceptors (Lipinski definition) is 3. The molecule has 0 saturated heterocycles. The van der Waals surface area contributed by atoms with Crippen molar-refractivity contribution in [3.05, 3.63) is 29.8 Å². The van der Waals surface area contributed by atoms with Crippen molar-refractivity contribution in [3.63, 3.8) is 0 Å². The van der Waals surface area contributed by atoms with Crippen molar-refractivity contribution in [3.8, 4) is 0 Å². The molecule has 0 radical (unpaired) electrons. The van der Waals surface area contributed by atoms with Crippen LogP contribution in [0.2, 0.25) is 0 Å². The summed E-state index contributed by atoms with van der Waals surface area (Å²) in [6, 6.07) is 4.35. The molecule has 1 saturated carbocycles. The number of halogens is 1. The number of carboxylic acid groups (broad SMARTS) is 1. The van der Waals surface area contributed by atoms with Crippen molar-refractivity contribution >= 4 is 17.0 Å². The molecule has 1 heterocycles. The van der Waals surface area contributed by atoms with Gasteiger partial charge in [0, 0.05) is 18.7 Å². The predicted molar refractivity (Wildman–Crippen MR) is 81.0 cm³/mol. The molecule has 5 nitrogen and oxygen atoms in total. The minimum Gasteiger partial charge on any atom is -0.480 e. The van der Waals surface area contributed by atoms with Crippen molar-refractivity contribution in [2.75, 3.05) is 0 Å². The van der Waals surface area contributed by atoms with E-state index < -0.39 is 12.0 Å². The minimum absolute atomic E-state index is 0.308. The SMILES string of the molecule is CCn1c(CN(C2CC2)[C@H](C)C(=O)O)nc2cc(F)ccc21. The Labute approximate surface area is 128 Å². The molecule has 1 aromatic heterocycles. The first-order valence-electron chi connectivity index (χ1n) is 7.64. The Hall–Kier alpha value is -1.95. The maximum Gasteiger partial charge on any atom is 0.320 e. The lowest BCUT2D eigenvalue weighted by atomic mass is 10.2. The van der Waals surface area contributed by atoms with Gasteiger partial charge in [-0.15, -0.1) is 0 Å². The molecule has 1 atom stereocenters. The fraction of sp³-hybridized carbons (Fsp3) is 0.500. The van der Waals surface area contributed by atoms with Gasteiger partial charge < -0.3 is 9.67 Å². The maximum absolute atomic E-state index is 13.4. The monoisotopic (exact) mass is 305 g/mol. The zero-order chi connectivity index (χ0) is 15.9. The number of aliphatic carboxylic acids is 1. The Balaban J connectivity index is 1.96. The highest BCUT2D eigenvalue weighted by Crippen LogP contribution is 2.31. The zero-order valence-corrected chi connectivity index (χ0v) is 12.8. The fourth-order valence-corrected chi connectivity index (χ4v) is 2.92. The van der Waals surface area contributed by atoms with Gasteiger partial charge >= 0.3 is 5.97 Å². The highest BCUT2D eigenvalue weighted by atomic mass is 19.1. The van der Waals surface area contributed by atoms with E-state index in [1.54, 1.807) is 13.0 Å². The highest BCUT2D eigenvalue weighted by molar-refractivity contribution is 5.76. The second kappa shape index (κ2) is 5.68. The zero-order valence-electron chi connectivity index (χ0n) is 12.8. The van der Waals surface area contributed by atoms with E-state index in [0.717, 1.165) is 30.7 Å². The summed E-state index contributed by atoms with van der Waals surface area (Å²) in [5.41, 5.74) is 1.51. The summed E-state index contributed by atoms with van der Waals surface area (Å²) in [4.78, 5) is 17.8. The van der Waals surface area contributed by atoms with E-state index in [1.165, 1.54) is 12.1 Å². The third-order valence-corrected chi connectivity index (χ3v) is 4.30. The summed E-state index contributed by atoms with van der Waals surface area (Å²) >= 11 is 0. The Morgan fingerprint density at radius 2 is 2.27 bits per heavy atom. The molecule has 1 aliphatic rings. The first-order chi connectivity index (χ1) is 10.5. The Kier molecular flexibility index (Phi) is 3.87. The quantitative estimate of drug-likeness (QED) is 0.891. The Morgan fingerprint density at radius 3 is 2.86 bits per heavy atom. The average molecular weight is 305 g/mol. The summed E-state index contributed by atoms with van der Waals surface area (Å²) in [5, 5.41) is 9.29. The van der Waals surface area contributed by atoms with Crippen LogP contribution in [0.25, 0.3) is 11.0 Å². The molecule has 0 bridgehead atoms. The van der Waals surface area contributed by atoms with Crippen LogP contribution < -0.4 is 0 Å². The number of carbonyl (C=O) groups is 1. The van der Waals surface area contributed by atoms with Gasteiger partial charge in [-0.2, -0.15) is 0 Å². The van der Waals surface area contributed by atoms with Gasteiger partial charge in [0.15, 0.2) is 0 Å². The number of nitrogens with zero attached hydrogens (tertiary/aromatic N) is 3. The van der Waals surface area contributed by atoms with Crippen molar-refractivity contribution < 1.29 is 14.3 Å². The van der Waals surface area contributed by atoms with Gasteiger partial charge in [-0.05, 0) is 38.8 Å². The van der Waals surface area contributed by atoms with Gasteiger partial charge in [-0.25, -0.2) is 9.37 Å². The Morgan fingerprint density at radius 1 is 1.55 bits per heavy atom. The lowest BCUT2D eigenvalue weighted by Crippen LogP contribution is -2.40. The van der Waals surface area contributed by atoms with Crippen LogP contribution in [0.3, 0.4) is 0 Å². The summed E-state index contributed by atoms with van der Waals surface area (Å²) < 4.78 is 15.4. The molecule has 1 N–H and O–H groups in total. The van der Waals surface area contributed by atoms with Gasteiger partial charge in [0.1, 0.15) is 17.7 Å². The highest BCUT2D eigenvalue weighted by Gasteiger charge is 2.35. The molecule has 1 aromatic carbocycles. The van der Waals surface area contributed by atoms with Crippen LogP contribution in [0.1, 0.15) is 32.5 Å². The third-order valence-electron chi connectivity index (χ3n) is 4.30. The van der Waals surface area contributed by atoms with Gasteiger partial charge in [0.05, 0.1) is 17.6 Å². The van der Waals surface area contributed by atoms with E-state index >= 15 is 0 Å². The number of imidazole rings is 1. The molecule has 22 heavy (non-hydrogen) atoms. The van der Waals surface area contributed by atoms with E-state index in [4.69, 9.17) is 0 Å². The molecular formula is C16H20FN3O2. The summed E-state index contributed by atoms with van der Waals surface area (Å²) in [6.07, 6.45) is 2.05. The topological polar surface area (TPSA) is 58.4 Å². The third kappa shape index (κ3) is 2.70. The lowest BCUT2D eigenvalue weighted by Gasteiger charge is -2.25. The van der Waals surface area contributed by atoms with Crippen LogP contribution in [-0.2, 0) is 17.9 Å². The normalized spacial score (nSPS) is 16.4. The summed E-state index contributed by atoms with van der Waals surface area (Å²) in [7, 11) is 0. The number of aromatic nitrogens is 2. The molecule has 0 unspecified atom stereocenters. The smallest absolute Gasteiger partial charge is 0.320 e. The van der Waals surface area contributed by atoms with E-state index in [1.807, 2.05) is 16.4 Å². The number of fused-ring (bicyclic) bond motifs is 1. The summed E-state index contributed by atoms with van der Waals surface area (Å²) in [6.45, 7) is 4.91. The number of aryl methyl sites for hydroxylation is 1. The van der Waals surface area contributed by atoms with Gasteiger partial charge in [-0.3, -0.25) is 9.69 Å². The molecular weight excluding hydrogens is 285 g/mol. The average Bonchev–Trinajstić information content (AvgIpc) is 3.25. The van der Waals surface area contributed by atoms with Crippen molar-refractivity contribution in [1.29, 1.82) is 0 Å². The molecule has 0 aliphatic heterocycles. The van der Waals surface area contributed by atoms with Crippen LogP contribution in [0.5, 0.6) is 0 Å². The fourth-order valence-electron chi connectivity index (χ4n) is 2.92. The Bertz CT molecular complexity index is 709. The largest absolute Gasteiger partial charge is 0.480 e. The van der Waals surface area contributed by atoms with E-state index in [-0.39, 0.29) is 5.82 Å². The van der Waals surface area contributed by atoms with E-state index in [0.29, 0.717) is 18.1 Å². The minimum atomic E-state index is -0.822. The van der Waals surface area contributed by atoms with E-state index in [9.17, 15) is 14.3 Å². The molecule has 3 rings (SSSR count). The predicted octanol–water partition coefficient (Wildman–Crippen LogP) is 2.63. The second-order valence-electron chi connectivity index (χ2n) is 5.82. The van der Waals surface area contributed by atoms with E-state index in [2.05, 4.69) is 4.98 Å². The molecule has 0 amide bonds. The molecule has 0 spiro atoms. The van der Waals surface area contributed by atoms with Crippen LogP contribution in [0.4, 0.5) is 4.39 Å². The van der Waals surface area contributed by atoms with Gasteiger partial charge in [0.25, 0.3) is 0 Å². The van der Waals surface area contributed by atoms with Crippen LogP contribution in [-0.4, -0.2) is 37.6 Å². The van der Waals surface area contributed by atoms with Crippen LogP contribution >= 0.6 is 0 Å². The van der Waals surface area contributed by atoms with Crippen molar-refractivity contribution in [2.24, 2.45) is 0 Å². The van der Waals surface area contributed by atoms with Gasteiger partial charge in [-0.1, -0.05) is 0 Å². The summed E-state index contributed by atoms with van der Waals surface area (Å²) in [5.74, 6) is -0.335. The van der Waals surface area contributed by atoms with Crippen LogP contribution in [0, 0.1) is 5.82 Å². The maximum atomic E-state index is 13.4. The number of hydrogen-bond donors (Lipinski definition) is 1. The molecule has 1 aliphatic carbocycles. The second-order valence-corrected chi connectivity index (χ2v) is 5.82. The number of benzene rings is 1. The molecule has 118 valence electrons. The van der Waals surface area contributed by atoms with Crippen molar-refractivity contribution in [1.82, 2.24) is 14.5 Å². The molecule has 6 heteroatoms.